The lowest BCUT2D eigenvalue weighted by molar-refractivity contribution is -0.140. The van der Waals surface area contributed by atoms with E-state index in [1.807, 2.05) is 67.6 Å². The zero-order chi connectivity index (χ0) is 30.1. The summed E-state index contributed by atoms with van der Waals surface area (Å²) >= 11 is 6.12. The van der Waals surface area contributed by atoms with Gasteiger partial charge in [-0.2, -0.15) is 0 Å². The molecule has 0 aliphatic rings. The number of carbonyl (C=O) groups excluding carboxylic acids is 2. The van der Waals surface area contributed by atoms with Gasteiger partial charge < -0.3 is 10.2 Å². The van der Waals surface area contributed by atoms with E-state index in [1.54, 1.807) is 36.4 Å². The topological polar surface area (TPSA) is 86.8 Å². The molecule has 0 radical (unpaired) electrons. The third-order valence-electron chi connectivity index (χ3n) is 7.08. The minimum Gasteiger partial charge on any atom is -0.354 e. The molecule has 0 aliphatic heterocycles. The van der Waals surface area contributed by atoms with Crippen molar-refractivity contribution in [3.63, 3.8) is 0 Å². The number of nitrogens with one attached hydrogen (secondary N) is 1. The molecular formula is C33H36ClN3O4S. The Kier molecular flexibility index (Phi) is 10.6. The van der Waals surface area contributed by atoms with Crippen LogP contribution in [0.3, 0.4) is 0 Å². The van der Waals surface area contributed by atoms with Gasteiger partial charge in [0.1, 0.15) is 12.6 Å². The first-order valence-electron chi connectivity index (χ1n) is 14.0. The summed E-state index contributed by atoms with van der Waals surface area (Å²) in [6.07, 6.45) is 3.07. The minimum absolute atomic E-state index is 0.0990. The Morgan fingerprint density at radius 3 is 2.21 bits per heavy atom. The van der Waals surface area contributed by atoms with Crippen LogP contribution in [-0.4, -0.2) is 50.5 Å². The SMILES string of the molecule is CCCCNC(=O)C(Cc1ccccc1)N(Cc1ccc(Cl)cc1)C(=O)CN(c1cccc2ccccc12)S(C)(=O)=O. The van der Waals surface area contributed by atoms with Crippen LogP contribution in [0.1, 0.15) is 30.9 Å². The van der Waals surface area contributed by atoms with Crippen LogP contribution < -0.4 is 9.62 Å². The fraction of sp³-hybridized carbons (Fsp3) is 0.273. The molecule has 42 heavy (non-hydrogen) atoms. The van der Waals surface area contributed by atoms with Crippen LogP contribution in [0.2, 0.25) is 5.02 Å². The van der Waals surface area contributed by atoms with Crippen LogP contribution in [0.25, 0.3) is 10.8 Å². The smallest absolute Gasteiger partial charge is 0.244 e. The average Bonchev–Trinajstić information content (AvgIpc) is 2.98. The maximum atomic E-state index is 14.3. The summed E-state index contributed by atoms with van der Waals surface area (Å²) in [5.41, 5.74) is 2.06. The predicted octanol–water partition coefficient (Wildman–Crippen LogP) is 5.82. The Morgan fingerprint density at radius 2 is 1.52 bits per heavy atom. The molecule has 220 valence electrons. The van der Waals surface area contributed by atoms with E-state index in [1.165, 1.54) is 4.90 Å². The van der Waals surface area contributed by atoms with Crippen molar-refractivity contribution in [2.75, 3.05) is 23.7 Å². The van der Waals surface area contributed by atoms with E-state index >= 15 is 0 Å². The lowest BCUT2D eigenvalue weighted by atomic mass is 10.0. The van der Waals surface area contributed by atoms with Crippen molar-refractivity contribution >= 4 is 49.9 Å². The molecule has 0 heterocycles. The highest BCUT2D eigenvalue weighted by molar-refractivity contribution is 7.92. The van der Waals surface area contributed by atoms with Gasteiger partial charge in [-0.05, 0) is 41.1 Å². The summed E-state index contributed by atoms with van der Waals surface area (Å²) in [4.78, 5) is 29.4. The Hall–Kier alpha value is -3.88. The molecule has 0 spiro atoms. The first-order chi connectivity index (χ1) is 20.2. The molecule has 0 bridgehead atoms. The van der Waals surface area contributed by atoms with Gasteiger partial charge in [0.15, 0.2) is 0 Å². The highest BCUT2D eigenvalue weighted by atomic mass is 35.5. The zero-order valence-electron chi connectivity index (χ0n) is 23.9. The van der Waals surface area contributed by atoms with Crippen LogP contribution in [0.15, 0.2) is 97.1 Å². The number of amides is 2. The van der Waals surface area contributed by atoms with E-state index in [4.69, 9.17) is 11.6 Å². The van der Waals surface area contributed by atoms with Crippen molar-refractivity contribution in [2.45, 2.75) is 38.8 Å². The van der Waals surface area contributed by atoms with E-state index in [0.717, 1.165) is 39.9 Å². The van der Waals surface area contributed by atoms with E-state index in [0.29, 0.717) is 22.6 Å². The quantitative estimate of drug-likeness (QED) is 0.195. The molecule has 9 heteroatoms. The second-order valence-electron chi connectivity index (χ2n) is 10.3. The fourth-order valence-electron chi connectivity index (χ4n) is 4.87. The molecule has 1 N–H and O–H groups in total. The number of hydrogen-bond acceptors (Lipinski definition) is 4. The number of rotatable bonds is 13. The Balaban J connectivity index is 1.76. The maximum Gasteiger partial charge on any atom is 0.244 e. The second-order valence-corrected chi connectivity index (χ2v) is 12.6. The van der Waals surface area contributed by atoms with Gasteiger partial charge in [0.2, 0.25) is 21.8 Å². The van der Waals surface area contributed by atoms with Crippen LogP contribution in [0.5, 0.6) is 0 Å². The van der Waals surface area contributed by atoms with Gasteiger partial charge in [-0.15, -0.1) is 0 Å². The number of halogens is 1. The number of anilines is 1. The van der Waals surface area contributed by atoms with E-state index in [2.05, 4.69) is 5.32 Å². The maximum absolute atomic E-state index is 14.3. The number of benzene rings is 4. The molecule has 0 fully saturated rings. The number of sulfonamides is 1. The summed E-state index contributed by atoms with van der Waals surface area (Å²) in [5.74, 6) is -0.777. The highest BCUT2D eigenvalue weighted by Gasteiger charge is 2.33. The molecule has 0 saturated carbocycles. The zero-order valence-corrected chi connectivity index (χ0v) is 25.4. The molecule has 7 nitrogen and oxygen atoms in total. The largest absolute Gasteiger partial charge is 0.354 e. The summed E-state index contributed by atoms with van der Waals surface area (Å²) in [5, 5.41) is 5.10. The minimum atomic E-state index is -3.87. The van der Waals surface area contributed by atoms with Gasteiger partial charge in [0.05, 0.1) is 11.9 Å². The van der Waals surface area contributed by atoms with Gasteiger partial charge >= 0.3 is 0 Å². The molecular weight excluding hydrogens is 570 g/mol. The van der Waals surface area contributed by atoms with Gasteiger partial charge in [-0.1, -0.05) is 104 Å². The van der Waals surface area contributed by atoms with Crippen LogP contribution in [-0.2, 0) is 32.6 Å². The van der Waals surface area contributed by atoms with Gasteiger partial charge in [0.25, 0.3) is 0 Å². The number of fused-ring (bicyclic) bond motifs is 1. The van der Waals surface area contributed by atoms with Crippen molar-refractivity contribution in [2.24, 2.45) is 0 Å². The number of unbranched alkanes of at least 4 members (excludes halogenated alkanes) is 1. The number of nitrogens with zero attached hydrogens (tertiary/aromatic N) is 2. The summed E-state index contributed by atoms with van der Waals surface area (Å²) in [7, 11) is -3.87. The third-order valence-corrected chi connectivity index (χ3v) is 8.46. The Bertz CT molecular complexity index is 1610. The Morgan fingerprint density at radius 1 is 0.857 bits per heavy atom. The van der Waals surface area contributed by atoms with Crippen molar-refractivity contribution in [3.05, 3.63) is 113 Å². The lowest BCUT2D eigenvalue weighted by Crippen LogP contribution is -2.53. The fourth-order valence-corrected chi connectivity index (χ4v) is 5.85. The monoisotopic (exact) mass is 605 g/mol. The van der Waals surface area contributed by atoms with E-state index < -0.39 is 28.5 Å². The van der Waals surface area contributed by atoms with Crippen LogP contribution in [0, 0.1) is 0 Å². The normalized spacial score (nSPS) is 12.1. The second kappa shape index (κ2) is 14.3. The standard InChI is InChI=1S/C33H36ClN3O4S/c1-3-4-21-35-33(39)31(22-25-11-6-5-7-12-25)36(23-26-17-19-28(34)20-18-26)32(38)24-37(42(2,40)41)30-16-10-14-27-13-8-9-15-29(27)30/h5-20,31H,3-4,21-24H2,1-2H3,(H,35,39). The van der Waals surface area contributed by atoms with Crippen molar-refractivity contribution < 1.29 is 18.0 Å². The summed E-state index contributed by atoms with van der Waals surface area (Å²) in [6.45, 7) is 2.15. The van der Waals surface area contributed by atoms with Crippen LogP contribution in [0.4, 0.5) is 5.69 Å². The Labute approximate surface area is 253 Å². The number of hydrogen-bond donors (Lipinski definition) is 1. The molecule has 0 aromatic heterocycles. The molecule has 0 saturated heterocycles. The van der Waals surface area contributed by atoms with Gasteiger partial charge in [-0.25, -0.2) is 8.42 Å². The third kappa shape index (κ3) is 8.11. The average molecular weight is 606 g/mol. The lowest BCUT2D eigenvalue weighted by Gasteiger charge is -2.33. The van der Waals surface area contributed by atoms with E-state index in [9.17, 15) is 18.0 Å². The first-order valence-corrected chi connectivity index (χ1v) is 16.2. The highest BCUT2D eigenvalue weighted by Crippen LogP contribution is 2.29. The van der Waals surface area contributed by atoms with E-state index in [-0.39, 0.29) is 18.9 Å². The molecule has 2 amide bonds. The predicted molar refractivity (Wildman–Crippen MR) is 170 cm³/mol. The summed E-state index contributed by atoms with van der Waals surface area (Å²) in [6, 6.07) is 28.5. The molecule has 1 atom stereocenters. The van der Waals surface area contributed by atoms with Gasteiger partial charge in [0, 0.05) is 29.9 Å². The molecule has 0 aliphatic carbocycles. The molecule has 1 unspecified atom stereocenters. The van der Waals surface area contributed by atoms with Crippen molar-refractivity contribution in [3.8, 4) is 0 Å². The number of carbonyl (C=O) groups is 2. The van der Waals surface area contributed by atoms with Crippen molar-refractivity contribution in [1.29, 1.82) is 0 Å². The molecule has 4 aromatic carbocycles. The first kappa shape index (κ1) is 31.1. The summed E-state index contributed by atoms with van der Waals surface area (Å²) < 4.78 is 27.4. The molecule has 4 rings (SSSR count). The molecule has 4 aromatic rings. The van der Waals surface area contributed by atoms with Gasteiger partial charge in [-0.3, -0.25) is 13.9 Å². The van der Waals surface area contributed by atoms with Crippen molar-refractivity contribution in [1.82, 2.24) is 10.2 Å². The van der Waals surface area contributed by atoms with Crippen LogP contribution >= 0.6 is 11.6 Å².